The third kappa shape index (κ3) is 2.78. The minimum atomic E-state index is -0.649. The highest BCUT2D eigenvalue weighted by Crippen LogP contribution is 2.13. The summed E-state index contributed by atoms with van der Waals surface area (Å²) >= 11 is 0. The van der Waals surface area contributed by atoms with E-state index in [4.69, 9.17) is 0 Å². The first-order valence-electron chi connectivity index (χ1n) is 7.57. The number of halogens is 1. The summed E-state index contributed by atoms with van der Waals surface area (Å²) in [4.78, 5) is 24.9. The van der Waals surface area contributed by atoms with Crippen molar-refractivity contribution in [2.45, 2.75) is 26.9 Å². The van der Waals surface area contributed by atoms with Crippen molar-refractivity contribution in [1.29, 1.82) is 0 Å². The fraction of sp³-hybridized carbons (Fsp3) is 0.250. The van der Waals surface area contributed by atoms with Gasteiger partial charge in [0.2, 0.25) is 5.43 Å². The van der Waals surface area contributed by atoms with Gasteiger partial charge in [0, 0.05) is 19.3 Å². The first-order valence-corrected chi connectivity index (χ1v) is 7.57. The van der Waals surface area contributed by atoms with Crippen LogP contribution in [0.5, 0.6) is 0 Å². The van der Waals surface area contributed by atoms with Crippen molar-refractivity contribution in [3.05, 3.63) is 52.3 Å². The minimum Gasteiger partial charge on any atom is -0.318 e. The van der Waals surface area contributed by atoms with E-state index in [9.17, 15) is 14.0 Å². The Kier molecular flexibility index (Phi) is 4.11. The van der Waals surface area contributed by atoms with E-state index in [1.807, 2.05) is 13.8 Å². The van der Waals surface area contributed by atoms with E-state index >= 15 is 0 Å². The summed E-state index contributed by atoms with van der Waals surface area (Å²) in [5.41, 5.74) is 0.0680. The zero-order chi connectivity index (χ0) is 17.3. The maximum atomic E-state index is 13.5. The number of aromatic nitrogens is 4. The van der Waals surface area contributed by atoms with Crippen molar-refractivity contribution in [3.63, 3.8) is 0 Å². The van der Waals surface area contributed by atoms with Gasteiger partial charge in [0.15, 0.2) is 5.69 Å². The molecule has 8 heteroatoms. The molecule has 0 aliphatic carbocycles. The third-order valence-corrected chi connectivity index (χ3v) is 3.65. The van der Waals surface area contributed by atoms with Gasteiger partial charge in [-0.25, -0.2) is 4.39 Å². The lowest BCUT2D eigenvalue weighted by molar-refractivity contribution is 0.101. The minimum absolute atomic E-state index is 0.126. The Bertz CT molecular complexity index is 976. The van der Waals surface area contributed by atoms with Crippen molar-refractivity contribution in [3.8, 4) is 0 Å². The fourth-order valence-electron chi connectivity index (χ4n) is 2.44. The average molecular weight is 329 g/mol. The topological polar surface area (TPSA) is 81.8 Å². The van der Waals surface area contributed by atoms with E-state index in [-0.39, 0.29) is 11.1 Å². The molecule has 0 spiro atoms. The van der Waals surface area contributed by atoms with Gasteiger partial charge in [-0.3, -0.25) is 19.0 Å². The summed E-state index contributed by atoms with van der Waals surface area (Å²) in [6.45, 7) is 4.84. The van der Waals surface area contributed by atoms with Gasteiger partial charge in [-0.1, -0.05) is 0 Å². The number of anilines is 1. The molecule has 0 radical (unpaired) electrons. The Morgan fingerprint density at radius 3 is 2.75 bits per heavy atom. The van der Waals surface area contributed by atoms with Crippen LogP contribution in [0.25, 0.3) is 10.9 Å². The molecule has 0 saturated heterocycles. The monoisotopic (exact) mass is 329 g/mol. The molecule has 2 heterocycles. The fourth-order valence-corrected chi connectivity index (χ4v) is 2.44. The third-order valence-electron chi connectivity index (χ3n) is 3.65. The first kappa shape index (κ1) is 15.9. The van der Waals surface area contributed by atoms with Gasteiger partial charge in [0.25, 0.3) is 5.91 Å². The molecule has 3 aromatic rings. The molecular formula is C16H16FN5O2. The highest BCUT2D eigenvalue weighted by atomic mass is 19.1. The number of amides is 1. The highest BCUT2D eigenvalue weighted by Gasteiger charge is 2.18. The smallest absolute Gasteiger partial charge is 0.280 e. The van der Waals surface area contributed by atoms with Crippen molar-refractivity contribution in [1.82, 2.24) is 19.6 Å². The molecule has 0 fully saturated rings. The Balaban J connectivity index is 2.06. The van der Waals surface area contributed by atoms with Crippen LogP contribution in [0.4, 0.5) is 10.1 Å². The van der Waals surface area contributed by atoms with E-state index in [1.54, 1.807) is 10.9 Å². The molecule has 0 aliphatic heterocycles. The molecule has 1 N–H and O–H groups in total. The predicted octanol–water partition coefficient (Wildman–Crippen LogP) is 2.02. The number of hydrogen-bond acceptors (Lipinski definition) is 4. The second-order valence-electron chi connectivity index (χ2n) is 5.19. The van der Waals surface area contributed by atoms with E-state index < -0.39 is 17.2 Å². The molecular weight excluding hydrogens is 313 g/mol. The average Bonchev–Trinajstić information content (AvgIpc) is 3.03. The molecule has 2 aromatic heterocycles. The number of nitrogens with zero attached hydrogens (tertiary/aromatic N) is 4. The predicted molar refractivity (Wildman–Crippen MR) is 87.5 cm³/mol. The first-order chi connectivity index (χ1) is 11.5. The van der Waals surface area contributed by atoms with Crippen LogP contribution in [-0.4, -0.2) is 25.5 Å². The lowest BCUT2D eigenvalue weighted by Crippen LogP contribution is -2.27. The number of hydrogen-bond donors (Lipinski definition) is 1. The summed E-state index contributed by atoms with van der Waals surface area (Å²) < 4.78 is 16.6. The summed E-state index contributed by atoms with van der Waals surface area (Å²) in [7, 11) is 0. The number of carbonyl (C=O) groups excluding carboxylic acids is 1. The van der Waals surface area contributed by atoms with Crippen LogP contribution in [0.15, 0.2) is 35.4 Å². The van der Waals surface area contributed by atoms with Crippen LogP contribution < -0.4 is 10.7 Å². The second-order valence-corrected chi connectivity index (χ2v) is 5.19. The number of rotatable bonds is 4. The van der Waals surface area contributed by atoms with E-state index in [0.29, 0.717) is 24.3 Å². The van der Waals surface area contributed by atoms with E-state index in [1.165, 1.54) is 23.0 Å². The van der Waals surface area contributed by atoms with Gasteiger partial charge in [0.05, 0.1) is 22.8 Å². The highest BCUT2D eigenvalue weighted by molar-refractivity contribution is 6.04. The summed E-state index contributed by atoms with van der Waals surface area (Å²) in [6, 6.07) is 3.86. The Morgan fingerprint density at radius 2 is 2.08 bits per heavy atom. The zero-order valence-electron chi connectivity index (χ0n) is 13.3. The van der Waals surface area contributed by atoms with Crippen molar-refractivity contribution in [2.75, 3.05) is 5.32 Å². The number of fused-ring (bicyclic) bond motifs is 1. The van der Waals surface area contributed by atoms with Crippen LogP contribution in [0.3, 0.4) is 0 Å². The maximum absolute atomic E-state index is 13.5. The van der Waals surface area contributed by atoms with Crippen LogP contribution in [0.1, 0.15) is 24.3 Å². The molecule has 0 bridgehead atoms. The number of aryl methyl sites for hydroxylation is 2. The van der Waals surface area contributed by atoms with Crippen LogP contribution in [-0.2, 0) is 13.1 Å². The molecule has 0 unspecified atom stereocenters. The van der Waals surface area contributed by atoms with Gasteiger partial charge in [-0.2, -0.15) is 10.2 Å². The van der Waals surface area contributed by atoms with Gasteiger partial charge in [-0.05, 0) is 32.0 Å². The molecule has 1 aromatic carbocycles. The van der Waals surface area contributed by atoms with Crippen molar-refractivity contribution in [2.24, 2.45) is 0 Å². The SMILES string of the molecule is CCn1cc(NC(=O)c2nn(CC)c3ccc(F)cc3c2=O)cn1. The van der Waals surface area contributed by atoms with E-state index in [0.717, 1.165) is 6.07 Å². The molecule has 1 amide bonds. The van der Waals surface area contributed by atoms with Gasteiger partial charge in [-0.15, -0.1) is 0 Å². The Labute approximate surface area is 136 Å². The van der Waals surface area contributed by atoms with E-state index in [2.05, 4.69) is 15.5 Å². The van der Waals surface area contributed by atoms with Gasteiger partial charge >= 0.3 is 0 Å². The molecule has 7 nitrogen and oxygen atoms in total. The second kappa shape index (κ2) is 6.23. The number of benzene rings is 1. The molecule has 24 heavy (non-hydrogen) atoms. The number of nitrogens with one attached hydrogen (secondary N) is 1. The van der Waals surface area contributed by atoms with Crippen molar-refractivity contribution >= 4 is 22.5 Å². The number of carbonyl (C=O) groups is 1. The lowest BCUT2D eigenvalue weighted by Gasteiger charge is -2.10. The molecule has 0 atom stereocenters. The van der Waals surface area contributed by atoms with Crippen LogP contribution in [0.2, 0.25) is 0 Å². The van der Waals surface area contributed by atoms with Crippen molar-refractivity contribution < 1.29 is 9.18 Å². The van der Waals surface area contributed by atoms with Crippen LogP contribution >= 0.6 is 0 Å². The molecule has 124 valence electrons. The van der Waals surface area contributed by atoms with Gasteiger partial charge < -0.3 is 5.32 Å². The normalized spacial score (nSPS) is 11.0. The van der Waals surface area contributed by atoms with Gasteiger partial charge in [0.1, 0.15) is 5.82 Å². The Morgan fingerprint density at radius 1 is 1.29 bits per heavy atom. The quantitative estimate of drug-likeness (QED) is 0.794. The summed E-state index contributed by atoms with van der Waals surface area (Å²) in [5.74, 6) is -1.19. The lowest BCUT2D eigenvalue weighted by atomic mass is 10.2. The molecule has 0 saturated carbocycles. The zero-order valence-corrected chi connectivity index (χ0v) is 13.3. The summed E-state index contributed by atoms with van der Waals surface area (Å²) in [5, 5.41) is 10.9. The summed E-state index contributed by atoms with van der Waals surface area (Å²) in [6.07, 6.45) is 3.14. The largest absolute Gasteiger partial charge is 0.318 e. The Hall–Kier alpha value is -3.03. The van der Waals surface area contributed by atoms with Crippen LogP contribution in [0, 0.1) is 5.82 Å². The molecule has 0 aliphatic rings. The molecule has 3 rings (SSSR count). The standard InChI is InChI=1S/C16H16FN5O2/c1-3-21-9-11(8-18-21)19-16(24)14-15(23)12-7-10(17)5-6-13(12)22(4-2)20-14/h5-9H,3-4H2,1-2H3,(H,19,24). The maximum Gasteiger partial charge on any atom is 0.280 e.